The van der Waals surface area contributed by atoms with Crippen LogP contribution >= 0.6 is 0 Å². The van der Waals surface area contributed by atoms with E-state index < -0.39 is 0 Å². The van der Waals surface area contributed by atoms with E-state index in [2.05, 4.69) is 6.58 Å². The fourth-order valence-corrected chi connectivity index (χ4v) is 2.11. The molecule has 0 aromatic heterocycles. The summed E-state index contributed by atoms with van der Waals surface area (Å²) in [5, 5.41) is 0. The van der Waals surface area contributed by atoms with Gasteiger partial charge in [-0.05, 0) is 17.7 Å². The van der Waals surface area contributed by atoms with Gasteiger partial charge in [-0.15, -0.1) is 0 Å². The van der Waals surface area contributed by atoms with E-state index >= 15 is 0 Å². The van der Waals surface area contributed by atoms with Crippen LogP contribution in [0.4, 0.5) is 0 Å². The summed E-state index contributed by atoms with van der Waals surface area (Å²) >= 11 is 0. The van der Waals surface area contributed by atoms with E-state index in [1.165, 1.54) is 0 Å². The molecule has 23 heavy (non-hydrogen) atoms. The molecule has 0 saturated carbocycles. The average molecular weight is 320 g/mol. The fraction of sp³-hybridized carbons (Fsp3) is 0.529. The first kappa shape index (κ1) is 14.8. The van der Waals surface area contributed by atoms with Crippen molar-refractivity contribution >= 4 is 6.08 Å². The van der Waals surface area contributed by atoms with Crippen LogP contribution in [0.2, 0.25) is 0 Å². The first-order chi connectivity index (χ1) is 11.3. The number of hydrogen-bond acceptors (Lipinski definition) is 6. The molecule has 3 aliphatic rings. The van der Waals surface area contributed by atoms with Crippen LogP contribution in [0.1, 0.15) is 5.56 Å². The van der Waals surface area contributed by atoms with Gasteiger partial charge in [-0.25, -0.2) is 0 Å². The molecule has 124 valence electrons. The molecule has 3 unspecified atom stereocenters. The van der Waals surface area contributed by atoms with Crippen LogP contribution in [0.25, 0.3) is 6.08 Å². The molecule has 3 fully saturated rings. The van der Waals surface area contributed by atoms with Gasteiger partial charge in [0.1, 0.15) is 38.1 Å². The molecule has 6 heteroatoms. The topological polar surface area (TPSA) is 65.3 Å². The molecular weight excluding hydrogens is 300 g/mol. The molecule has 0 radical (unpaired) electrons. The summed E-state index contributed by atoms with van der Waals surface area (Å²) in [4.78, 5) is 0. The molecule has 3 heterocycles. The fourth-order valence-electron chi connectivity index (χ4n) is 2.11. The van der Waals surface area contributed by atoms with Crippen LogP contribution in [0.15, 0.2) is 18.7 Å². The van der Waals surface area contributed by atoms with Crippen LogP contribution in [0.5, 0.6) is 17.2 Å². The number of benzene rings is 1. The third kappa shape index (κ3) is 4.16. The largest absolute Gasteiger partial charge is 0.487 e. The molecule has 0 N–H and O–H groups in total. The minimum atomic E-state index is 0.160. The van der Waals surface area contributed by atoms with Gasteiger partial charge in [0.2, 0.25) is 5.75 Å². The second-order valence-electron chi connectivity index (χ2n) is 5.85. The molecule has 4 rings (SSSR count). The smallest absolute Gasteiger partial charge is 0.203 e. The summed E-state index contributed by atoms with van der Waals surface area (Å²) in [6.07, 6.45) is 2.26. The Hall–Kier alpha value is -1.76. The Labute approximate surface area is 134 Å². The summed E-state index contributed by atoms with van der Waals surface area (Å²) in [7, 11) is 0. The number of ether oxygens (including phenoxy) is 6. The quantitative estimate of drug-likeness (QED) is 0.611. The summed E-state index contributed by atoms with van der Waals surface area (Å²) in [6.45, 7) is 7.54. The van der Waals surface area contributed by atoms with Crippen molar-refractivity contribution in [1.29, 1.82) is 0 Å². The SMILES string of the molecule is C=Cc1cc(OCC2CO2)c(OCC2CO2)c(OCC2CO2)c1. The second-order valence-corrected chi connectivity index (χ2v) is 5.85. The Kier molecular flexibility index (Phi) is 4.11. The monoisotopic (exact) mass is 320 g/mol. The van der Waals surface area contributed by atoms with E-state index in [-0.39, 0.29) is 18.3 Å². The maximum absolute atomic E-state index is 5.91. The Morgan fingerprint density at radius 2 is 1.30 bits per heavy atom. The minimum Gasteiger partial charge on any atom is -0.487 e. The van der Waals surface area contributed by atoms with E-state index in [1.54, 1.807) is 6.08 Å². The lowest BCUT2D eigenvalue weighted by Gasteiger charge is -2.17. The molecule has 0 amide bonds. The molecule has 0 spiro atoms. The highest BCUT2D eigenvalue weighted by Gasteiger charge is 2.28. The van der Waals surface area contributed by atoms with Gasteiger partial charge in [0.25, 0.3) is 0 Å². The van der Waals surface area contributed by atoms with E-state index in [4.69, 9.17) is 28.4 Å². The molecule has 6 nitrogen and oxygen atoms in total. The Balaban J connectivity index is 1.54. The third-order valence-corrected chi connectivity index (χ3v) is 3.75. The van der Waals surface area contributed by atoms with Gasteiger partial charge in [0.15, 0.2) is 11.5 Å². The van der Waals surface area contributed by atoms with Crippen LogP contribution in [0.3, 0.4) is 0 Å². The molecule has 3 atom stereocenters. The molecule has 0 aliphatic carbocycles. The van der Waals surface area contributed by atoms with E-state index in [0.717, 1.165) is 25.4 Å². The highest BCUT2D eigenvalue weighted by atomic mass is 16.6. The lowest BCUT2D eigenvalue weighted by molar-refractivity contribution is 0.208. The first-order valence-electron chi connectivity index (χ1n) is 7.85. The molecule has 0 bridgehead atoms. The number of hydrogen-bond donors (Lipinski definition) is 0. The summed E-state index contributed by atoms with van der Waals surface area (Å²) in [5.41, 5.74) is 0.915. The Bertz CT molecular complexity index is 537. The van der Waals surface area contributed by atoms with Crippen LogP contribution in [-0.4, -0.2) is 58.0 Å². The van der Waals surface area contributed by atoms with Crippen molar-refractivity contribution in [2.45, 2.75) is 18.3 Å². The van der Waals surface area contributed by atoms with Gasteiger partial charge >= 0.3 is 0 Å². The third-order valence-electron chi connectivity index (χ3n) is 3.75. The number of rotatable bonds is 10. The van der Waals surface area contributed by atoms with Gasteiger partial charge in [0, 0.05) is 0 Å². The highest BCUT2D eigenvalue weighted by Crippen LogP contribution is 2.40. The lowest BCUT2D eigenvalue weighted by Crippen LogP contribution is -2.11. The highest BCUT2D eigenvalue weighted by molar-refractivity contribution is 5.61. The van der Waals surface area contributed by atoms with Crippen molar-refractivity contribution < 1.29 is 28.4 Å². The predicted molar refractivity (Wildman–Crippen MR) is 82.2 cm³/mol. The Morgan fingerprint density at radius 1 is 0.870 bits per heavy atom. The van der Waals surface area contributed by atoms with Crippen molar-refractivity contribution in [2.24, 2.45) is 0 Å². The van der Waals surface area contributed by atoms with Crippen LogP contribution in [0, 0.1) is 0 Å². The summed E-state index contributed by atoms with van der Waals surface area (Å²) < 4.78 is 33.3. The second kappa shape index (κ2) is 6.39. The van der Waals surface area contributed by atoms with E-state index in [1.807, 2.05) is 12.1 Å². The Morgan fingerprint density at radius 3 is 1.70 bits per heavy atom. The predicted octanol–water partition coefficient (Wildman–Crippen LogP) is 1.66. The van der Waals surface area contributed by atoms with E-state index in [9.17, 15) is 0 Å². The molecular formula is C17H20O6. The van der Waals surface area contributed by atoms with Gasteiger partial charge in [-0.2, -0.15) is 0 Å². The lowest BCUT2D eigenvalue weighted by atomic mass is 10.2. The van der Waals surface area contributed by atoms with E-state index in [0.29, 0.717) is 37.1 Å². The zero-order chi connectivity index (χ0) is 15.6. The van der Waals surface area contributed by atoms with Crippen LogP contribution < -0.4 is 14.2 Å². The summed E-state index contributed by atoms with van der Waals surface area (Å²) in [5.74, 6) is 1.89. The number of epoxide rings is 3. The standard InChI is InChI=1S/C17H20O6/c1-2-11-3-15(21-8-12-5-18-12)17(23-10-14-7-20-14)16(4-11)22-9-13-6-19-13/h2-4,12-14H,1,5-10H2. The first-order valence-corrected chi connectivity index (χ1v) is 7.85. The molecule has 1 aromatic rings. The van der Waals surface area contributed by atoms with Gasteiger partial charge in [0.05, 0.1) is 19.8 Å². The van der Waals surface area contributed by atoms with Crippen LogP contribution in [-0.2, 0) is 14.2 Å². The molecule has 3 aliphatic heterocycles. The van der Waals surface area contributed by atoms with Crippen molar-refractivity contribution in [2.75, 3.05) is 39.6 Å². The van der Waals surface area contributed by atoms with Gasteiger partial charge in [-0.1, -0.05) is 12.7 Å². The average Bonchev–Trinajstić information content (AvgIpc) is 3.41. The van der Waals surface area contributed by atoms with Crippen molar-refractivity contribution in [1.82, 2.24) is 0 Å². The van der Waals surface area contributed by atoms with Gasteiger partial charge < -0.3 is 28.4 Å². The maximum atomic E-state index is 5.91. The van der Waals surface area contributed by atoms with Crippen molar-refractivity contribution in [3.05, 3.63) is 24.3 Å². The maximum Gasteiger partial charge on any atom is 0.203 e. The van der Waals surface area contributed by atoms with Crippen molar-refractivity contribution in [3.63, 3.8) is 0 Å². The normalized spacial score (nSPS) is 27.2. The summed E-state index contributed by atoms with van der Waals surface area (Å²) in [6, 6.07) is 3.80. The molecule has 3 saturated heterocycles. The van der Waals surface area contributed by atoms with Gasteiger partial charge in [-0.3, -0.25) is 0 Å². The van der Waals surface area contributed by atoms with Crippen molar-refractivity contribution in [3.8, 4) is 17.2 Å². The zero-order valence-corrected chi connectivity index (χ0v) is 12.9. The minimum absolute atomic E-state index is 0.160. The molecule has 1 aromatic carbocycles. The zero-order valence-electron chi connectivity index (χ0n) is 12.9.